The van der Waals surface area contributed by atoms with Crippen LogP contribution < -0.4 is 5.32 Å². The summed E-state index contributed by atoms with van der Waals surface area (Å²) in [4.78, 5) is 12.8. The molecule has 2 heterocycles. The van der Waals surface area contributed by atoms with Gasteiger partial charge < -0.3 is 5.32 Å². The molecule has 7 heteroatoms. The Morgan fingerprint density at radius 2 is 1.80 bits per heavy atom. The van der Waals surface area contributed by atoms with Crippen molar-refractivity contribution in [3.63, 3.8) is 0 Å². The van der Waals surface area contributed by atoms with Gasteiger partial charge in [0.15, 0.2) is 11.3 Å². The number of hydrogen-bond acceptors (Lipinski definition) is 4. The van der Waals surface area contributed by atoms with E-state index in [0.717, 1.165) is 22.4 Å². The van der Waals surface area contributed by atoms with Gasteiger partial charge in [-0.25, -0.2) is 4.52 Å². The van der Waals surface area contributed by atoms with Gasteiger partial charge in [-0.2, -0.15) is 5.10 Å². The predicted octanol–water partition coefficient (Wildman–Crippen LogP) is 5.44. The van der Waals surface area contributed by atoms with Crippen LogP contribution in [0.4, 0.5) is 5.69 Å². The number of halogens is 1. The predicted molar refractivity (Wildman–Crippen MR) is 119 cm³/mol. The molecule has 0 aliphatic heterocycles. The van der Waals surface area contributed by atoms with Gasteiger partial charge in [0.05, 0.1) is 17.0 Å². The number of benzene rings is 2. The molecule has 2 aromatic heterocycles. The molecule has 0 saturated carbocycles. The molecule has 1 N–H and O–H groups in total. The number of carbonyl (C=O) groups is 1. The minimum atomic E-state index is -0.323. The van der Waals surface area contributed by atoms with Crippen molar-refractivity contribution < 1.29 is 4.79 Å². The first-order valence-corrected chi connectivity index (χ1v) is 10.1. The summed E-state index contributed by atoms with van der Waals surface area (Å²) in [6, 6.07) is 15.2. The molecule has 0 unspecified atom stereocenters. The first-order chi connectivity index (χ1) is 14.3. The fourth-order valence-electron chi connectivity index (χ4n) is 3.38. The zero-order valence-corrected chi connectivity index (χ0v) is 18.0. The number of nitrogens with zero attached hydrogens (tertiary/aromatic N) is 4. The van der Waals surface area contributed by atoms with Crippen LogP contribution in [0, 0.1) is 13.8 Å². The number of rotatable bonds is 4. The Labute approximate surface area is 179 Å². The summed E-state index contributed by atoms with van der Waals surface area (Å²) in [5, 5.41) is 16.9. The lowest BCUT2D eigenvalue weighted by Gasteiger charge is -2.08. The summed E-state index contributed by atoms with van der Waals surface area (Å²) >= 11 is 6.21. The molecule has 4 aromatic rings. The summed E-state index contributed by atoms with van der Waals surface area (Å²) in [6.45, 7) is 7.97. The van der Waals surface area contributed by atoms with E-state index in [1.165, 1.54) is 0 Å². The average molecular weight is 420 g/mol. The average Bonchev–Trinajstić information content (AvgIpc) is 3.11. The van der Waals surface area contributed by atoms with Crippen molar-refractivity contribution >= 4 is 28.8 Å². The van der Waals surface area contributed by atoms with Crippen LogP contribution in [0.1, 0.15) is 47.2 Å². The zero-order valence-electron chi connectivity index (χ0n) is 17.3. The van der Waals surface area contributed by atoms with Gasteiger partial charge in [0.25, 0.3) is 5.91 Å². The first-order valence-electron chi connectivity index (χ1n) is 9.75. The minimum Gasteiger partial charge on any atom is -0.321 e. The van der Waals surface area contributed by atoms with Crippen molar-refractivity contribution in [2.24, 2.45) is 0 Å². The Morgan fingerprint density at radius 1 is 1.07 bits per heavy atom. The van der Waals surface area contributed by atoms with Crippen LogP contribution in [-0.2, 0) is 0 Å². The first kappa shape index (κ1) is 20.0. The Balaban J connectivity index is 1.81. The van der Waals surface area contributed by atoms with Gasteiger partial charge in [-0.15, -0.1) is 10.2 Å². The van der Waals surface area contributed by atoms with E-state index in [4.69, 9.17) is 16.7 Å². The Kier molecular flexibility index (Phi) is 5.26. The number of aromatic nitrogens is 4. The lowest BCUT2D eigenvalue weighted by molar-refractivity contribution is 0.102. The number of amides is 1. The molecule has 0 saturated heterocycles. The number of aryl methyl sites for hydroxylation is 2. The van der Waals surface area contributed by atoms with Gasteiger partial charge in [-0.05, 0) is 49.6 Å². The SMILES string of the molecule is Cc1ccc(NC(=O)c2nnc3c(-c4cccc(Cl)c4)c(C(C)C)nn3c2C)cc1. The molecule has 2 aromatic carbocycles. The monoisotopic (exact) mass is 419 g/mol. The highest BCUT2D eigenvalue weighted by atomic mass is 35.5. The van der Waals surface area contributed by atoms with Gasteiger partial charge in [-0.3, -0.25) is 4.79 Å². The smallest absolute Gasteiger partial charge is 0.278 e. The third-order valence-electron chi connectivity index (χ3n) is 4.98. The maximum atomic E-state index is 12.8. The molecule has 0 bridgehead atoms. The molecule has 1 amide bonds. The second-order valence-electron chi connectivity index (χ2n) is 7.61. The molecule has 4 rings (SSSR count). The Bertz CT molecular complexity index is 1240. The summed E-state index contributed by atoms with van der Waals surface area (Å²) in [5.41, 5.74) is 5.97. The molecule has 0 spiro atoms. The van der Waals surface area contributed by atoms with E-state index in [9.17, 15) is 4.79 Å². The fraction of sp³-hybridized carbons (Fsp3) is 0.217. The second kappa shape index (κ2) is 7.88. The van der Waals surface area contributed by atoms with E-state index in [1.54, 1.807) is 4.52 Å². The van der Waals surface area contributed by atoms with Crippen molar-refractivity contribution in [3.05, 3.63) is 76.2 Å². The van der Waals surface area contributed by atoms with Crippen molar-refractivity contribution in [1.29, 1.82) is 0 Å². The van der Waals surface area contributed by atoms with Crippen molar-refractivity contribution in [2.75, 3.05) is 5.32 Å². The number of anilines is 1. The topological polar surface area (TPSA) is 72.2 Å². The van der Waals surface area contributed by atoms with Crippen LogP contribution in [0.2, 0.25) is 5.02 Å². The van der Waals surface area contributed by atoms with Crippen molar-refractivity contribution in [1.82, 2.24) is 19.8 Å². The molecule has 0 aliphatic carbocycles. The van der Waals surface area contributed by atoms with Gasteiger partial charge in [0, 0.05) is 10.7 Å². The largest absolute Gasteiger partial charge is 0.321 e. The summed E-state index contributed by atoms with van der Waals surface area (Å²) < 4.78 is 1.70. The van der Waals surface area contributed by atoms with Crippen LogP contribution in [0.25, 0.3) is 16.8 Å². The maximum Gasteiger partial charge on any atom is 0.278 e. The van der Waals surface area contributed by atoms with E-state index in [2.05, 4.69) is 29.4 Å². The highest BCUT2D eigenvalue weighted by molar-refractivity contribution is 6.30. The summed E-state index contributed by atoms with van der Waals surface area (Å²) in [6.07, 6.45) is 0. The third-order valence-corrected chi connectivity index (χ3v) is 5.21. The van der Waals surface area contributed by atoms with Crippen LogP contribution in [0.5, 0.6) is 0 Å². The molecule has 0 atom stereocenters. The van der Waals surface area contributed by atoms with Crippen LogP contribution in [-0.4, -0.2) is 25.7 Å². The molecule has 152 valence electrons. The Morgan fingerprint density at radius 3 is 2.47 bits per heavy atom. The highest BCUT2D eigenvalue weighted by Gasteiger charge is 2.23. The van der Waals surface area contributed by atoms with Crippen LogP contribution >= 0.6 is 11.6 Å². The number of carbonyl (C=O) groups excluding carboxylic acids is 1. The summed E-state index contributed by atoms with van der Waals surface area (Å²) in [7, 11) is 0. The molecule has 0 radical (unpaired) electrons. The molecular weight excluding hydrogens is 398 g/mol. The lowest BCUT2D eigenvalue weighted by atomic mass is 9.99. The molecular formula is C23H22ClN5O. The number of nitrogens with one attached hydrogen (secondary N) is 1. The highest BCUT2D eigenvalue weighted by Crippen LogP contribution is 2.33. The van der Waals surface area contributed by atoms with E-state index in [1.807, 2.05) is 62.4 Å². The van der Waals surface area contributed by atoms with E-state index in [0.29, 0.717) is 22.1 Å². The standard InChI is InChI=1S/C23H22ClN5O/c1-13(2)20-19(16-6-5-7-17(24)12-16)22-27-26-21(15(4)29(22)28-20)23(30)25-18-10-8-14(3)9-11-18/h5-13H,1-4H3,(H,25,30). The van der Waals surface area contributed by atoms with E-state index >= 15 is 0 Å². The van der Waals surface area contributed by atoms with Crippen LogP contribution in [0.3, 0.4) is 0 Å². The van der Waals surface area contributed by atoms with E-state index < -0.39 is 0 Å². The van der Waals surface area contributed by atoms with Gasteiger partial charge >= 0.3 is 0 Å². The van der Waals surface area contributed by atoms with Gasteiger partial charge in [0.2, 0.25) is 0 Å². The van der Waals surface area contributed by atoms with Gasteiger partial charge in [-0.1, -0.05) is 55.3 Å². The summed E-state index contributed by atoms with van der Waals surface area (Å²) in [5.74, 6) is -0.165. The molecule has 0 fully saturated rings. The van der Waals surface area contributed by atoms with Crippen LogP contribution in [0.15, 0.2) is 48.5 Å². The van der Waals surface area contributed by atoms with Crippen molar-refractivity contribution in [2.45, 2.75) is 33.6 Å². The van der Waals surface area contributed by atoms with Crippen molar-refractivity contribution in [3.8, 4) is 11.1 Å². The third kappa shape index (κ3) is 3.66. The quantitative estimate of drug-likeness (QED) is 0.478. The normalized spacial score (nSPS) is 11.3. The minimum absolute atomic E-state index is 0.157. The number of fused-ring (bicyclic) bond motifs is 1. The Hall–Kier alpha value is -3.25. The second-order valence-corrected chi connectivity index (χ2v) is 8.05. The number of hydrogen-bond donors (Lipinski definition) is 1. The molecule has 30 heavy (non-hydrogen) atoms. The molecule has 6 nitrogen and oxygen atoms in total. The van der Waals surface area contributed by atoms with E-state index in [-0.39, 0.29) is 17.5 Å². The fourth-order valence-corrected chi connectivity index (χ4v) is 3.57. The maximum absolute atomic E-state index is 12.8. The molecule has 0 aliphatic rings. The van der Waals surface area contributed by atoms with Gasteiger partial charge in [0.1, 0.15) is 0 Å². The lowest BCUT2D eigenvalue weighted by Crippen LogP contribution is -2.18. The zero-order chi connectivity index (χ0) is 21.4.